The van der Waals surface area contributed by atoms with Gasteiger partial charge in [-0.1, -0.05) is 324 Å². The monoisotopic (exact) mass is 1450 g/mol. The Morgan fingerprint density at radius 3 is 0.438 bits per heavy atom. The first-order valence-electron chi connectivity index (χ1n) is 39.8. The van der Waals surface area contributed by atoms with E-state index in [2.05, 4.69) is 458 Å². The predicted octanol–water partition coefficient (Wildman–Crippen LogP) is 31.6. The van der Waals surface area contributed by atoms with Gasteiger partial charge in [0, 0.05) is 77.8 Å². The summed E-state index contributed by atoms with van der Waals surface area (Å²) < 4.78 is 0. The van der Waals surface area contributed by atoms with Gasteiger partial charge in [-0.05, 0) is 225 Å². The minimum atomic E-state index is 0.0387. The van der Waals surface area contributed by atoms with Gasteiger partial charge in [-0.25, -0.2) is 0 Å². The zero-order valence-electron chi connectivity index (χ0n) is 68.0. The lowest BCUT2D eigenvalue weighted by Crippen LogP contribution is -2.16. The Hall–Kier alpha value is -12.2. The van der Waals surface area contributed by atoms with E-state index in [4.69, 9.17) is 0 Å². The maximum absolute atomic E-state index is 2.51. The molecular weight excluding hydrogens is 1350 g/mol. The lowest BCUT2D eigenvalue weighted by Gasteiger charge is -2.34. The highest BCUT2D eigenvalue weighted by Crippen LogP contribution is 2.56. The van der Waals surface area contributed by atoms with E-state index >= 15 is 0 Å². The Morgan fingerprint density at radius 2 is 0.295 bits per heavy atom. The first-order valence-corrected chi connectivity index (χ1v) is 39.8. The van der Waals surface area contributed by atoms with E-state index in [9.17, 15) is 0 Å². The molecule has 0 aromatic heterocycles. The second-order valence-corrected chi connectivity index (χ2v) is 35.1. The van der Waals surface area contributed by atoms with Crippen molar-refractivity contribution < 1.29 is 0 Å². The van der Waals surface area contributed by atoms with Crippen LogP contribution in [-0.2, 0) is 21.7 Å². The molecule has 0 atom stereocenters. The Balaban J connectivity index is 1.01. The molecule has 0 spiro atoms. The average molecular weight is 1460 g/mol. The zero-order valence-corrected chi connectivity index (χ0v) is 68.0. The van der Waals surface area contributed by atoms with Gasteiger partial charge in [0.25, 0.3) is 0 Å². The lowest BCUT2D eigenvalue weighted by molar-refractivity contribution is 0.590. The lowest BCUT2D eigenvalue weighted by atomic mass is 9.86. The Labute approximate surface area is 664 Å². The molecule has 0 bridgehead atoms. The van der Waals surface area contributed by atoms with Crippen molar-refractivity contribution in [2.45, 2.75) is 132 Å². The van der Waals surface area contributed by atoms with Gasteiger partial charge >= 0.3 is 0 Å². The van der Waals surface area contributed by atoms with Crippen molar-refractivity contribution in [3.05, 3.63) is 372 Å². The molecule has 16 aromatic rings. The molecule has 0 amide bonds. The SMILES string of the molecule is Cc1ccc(N(c2ccc(-c3ccc(C(C)(C)C)cc3)cc2)c2cc(N(c3ccc(C)cc3)c3ccc(-c4ccc(C(C)(C)C)cc4)cc3)c3ccc4c(N(c5ccc(C)cc5)c5ccc(-c6ccc(C(C)(C)C)cc6)cc5)cc(N(c5ccc(C)cc5)c5ccc(-c6ccc(C(C)(C)C)cc6)cc5)c5ccc2c3c54)cc1. The summed E-state index contributed by atoms with van der Waals surface area (Å²) in [7, 11) is 0. The van der Waals surface area contributed by atoms with E-state index in [0.717, 1.165) is 123 Å². The molecule has 0 aliphatic rings. The van der Waals surface area contributed by atoms with Gasteiger partial charge in [0.2, 0.25) is 0 Å². The summed E-state index contributed by atoms with van der Waals surface area (Å²) in [5.74, 6) is 0. The molecule has 554 valence electrons. The molecule has 0 aliphatic carbocycles. The van der Waals surface area contributed by atoms with Crippen molar-refractivity contribution in [3.8, 4) is 44.5 Å². The Morgan fingerprint density at radius 1 is 0.161 bits per heavy atom. The second kappa shape index (κ2) is 29.2. The third kappa shape index (κ3) is 14.7. The van der Waals surface area contributed by atoms with Crippen LogP contribution >= 0.6 is 0 Å². The van der Waals surface area contributed by atoms with Crippen LogP contribution in [-0.4, -0.2) is 0 Å². The van der Waals surface area contributed by atoms with Gasteiger partial charge in [-0.3, -0.25) is 0 Å². The number of aryl methyl sites for hydroxylation is 4. The standard InChI is InChI=1S/C108H102N4/c1-71-17-49-87(50-18-71)109(91-57-33-79(34-58-91)75-25-41-83(42-26-75)105(5,6)7)99-69-100(110(88-51-19-72(2)20-52-88)92-59-35-80(36-60-92)76-27-43-84(44-28-76)106(8,9)10)96-67-68-98-102(112(90-55-23-74(4)24-56-90)94-63-39-82(40-64-94)78-31-47-86(48-32-78)108(14,15)16)70-101(97-66-65-95(99)103(96)104(97)98)111(89-53-21-73(3)22-54-89)93-61-37-81(38-62-93)77-29-45-85(46-30-77)107(11,12)13/h17-70H,1-16H3. The van der Waals surface area contributed by atoms with Gasteiger partial charge in [0.1, 0.15) is 0 Å². The van der Waals surface area contributed by atoms with Crippen LogP contribution in [0.1, 0.15) is 128 Å². The highest BCUT2D eigenvalue weighted by Gasteiger charge is 2.31. The maximum atomic E-state index is 2.51. The summed E-state index contributed by atoms with van der Waals surface area (Å²) in [5.41, 5.74) is 32.1. The van der Waals surface area contributed by atoms with E-state index in [-0.39, 0.29) is 21.7 Å². The molecule has 0 saturated heterocycles. The number of nitrogens with zero attached hydrogens (tertiary/aromatic N) is 4. The number of anilines is 12. The Kier molecular flexibility index (Phi) is 19.3. The molecule has 0 heterocycles. The molecule has 0 fully saturated rings. The van der Waals surface area contributed by atoms with Crippen LogP contribution in [0, 0.1) is 27.7 Å². The van der Waals surface area contributed by atoms with Gasteiger partial charge < -0.3 is 19.6 Å². The quantitative estimate of drug-likeness (QED) is 0.0894. The normalized spacial score (nSPS) is 12.1. The fourth-order valence-electron chi connectivity index (χ4n) is 16.0. The van der Waals surface area contributed by atoms with Crippen LogP contribution in [0.15, 0.2) is 328 Å². The predicted molar refractivity (Wildman–Crippen MR) is 484 cm³/mol. The van der Waals surface area contributed by atoms with Crippen LogP contribution in [0.2, 0.25) is 0 Å². The molecule has 0 N–H and O–H groups in total. The van der Waals surface area contributed by atoms with Crippen molar-refractivity contribution in [2.75, 3.05) is 19.6 Å². The smallest absolute Gasteiger partial charge is 0.0561 e. The van der Waals surface area contributed by atoms with Crippen LogP contribution in [0.5, 0.6) is 0 Å². The highest BCUT2D eigenvalue weighted by atomic mass is 15.2. The fraction of sp³-hybridized carbons (Fsp3) is 0.185. The molecule has 0 saturated carbocycles. The van der Waals surface area contributed by atoms with Gasteiger partial charge in [0.15, 0.2) is 0 Å². The van der Waals surface area contributed by atoms with Gasteiger partial charge in [-0.15, -0.1) is 0 Å². The summed E-state index contributed by atoms with van der Waals surface area (Å²) >= 11 is 0. The summed E-state index contributed by atoms with van der Waals surface area (Å²) in [6.45, 7) is 36.1. The van der Waals surface area contributed by atoms with Crippen LogP contribution in [0.4, 0.5) is 68.2 Å². The molecule has 0 radical (unpaired) electrons. The molecule has 16 aromatic carbocycles. The first-order chi connectivity index (χ1) is 53.7. The number of hydrogen-bond acceptors (Lipinski definition) is 4. The molecule has 4 heteroatoms. The zero-order chi connectivity index (χ0) is 78.1. The molecule has 112 heavy (non-hydrogen) atoms. The molecular formula is C108H102N4. The average Bonchev–Trinajstić information content (AvgIpc) is 0.699. The van der Waals surface area contributed by atoms with E-state index in [1.807, 2.05) is 0 Å². The molecule has 0 aliphatic heterocycles. The minimum Gasteiger partial charge on any atom is -0.310 e. The topological polar surface area (TPSA) is 13.0 Å². The third-order valence-corrected chi connectivity index (χ3v) is 22.8. The summed E-state index contributed by atoms with van der Waals surface area (Å²) in [5, 5.41) is 6.78. The van der Waals surface area contributed by atoms with E-state index < -0.39 is 0 Å². The summed E-state index contributed by atoms with van der Waals surface area (Å²) in [6, 6.07) is 125. The summed E-state index contributed by atoms with van der Waals surface area (Å²) in [4.78, 5) is 10.0. The molecule has 4 nitrogen and oxygen atoms in total. The minimum absolute atomic E-state index is 0.0387. The number of rotatable bonds is 16. The largest absolute Gasteiger partial charge is 0.310 e. The second-order valence-electron chi connectivity index (χ2n) is 35.1. The van der Waals surface area contributed by atoms with Crippen LogP contribution in [0.25, 0.3) is 76.8 Å². The fourth-order valence-corrected chi connectivity index (χ4v) is 16.0. The highest BCUT2D eigenvalue weighted by molar-refractivity contribution is 6.33. The van der Waals surface area contributed by atoms with Crippen molar-refractivity contribution in [1.82, 2.24) is 0 Å². The van der Waals surface area contributed by atoms with Crippen LogP contribution < -0.4 is 19.6 Å². The van der Waals surface area contributed by atoms with E-state index in [1.54, 1.807) is 0 Å². The van der Waals surface area contributed by atoms with E-state index in [0.29, 0.717) is 0 Å². The Bertz CT molecular complexity index is 5260. The molecule has 16 rings (SSSR count). The van der Waals surface area contributed by atoms with Crippen molar-refractivity contribution >= 4 is 101 Å². The molecule has 0 unspecified atom stereocenters. The van der Waals surface area contributed by atoms with Crippen molar-refractivity contribution in [1.29, 1.82) is 0 Å². The number of benzene rings is 16. The maximum Gasteiger partial charge on any atom is 0.0561 e. The van der Waals surface area contributed by atoms with Crippen molar-refractivity contribution in [2.24, 2.45) is 0 Å². The first kappa shape index (κ1) is 73.9. The summed E-state index contributed by atoms with van der Waals surface area (Å²) in [6.07, 6.45) is 0. The number of hydrogen-bond donors (Lipinski definition) is 0. The van der Waals surface area contributed by atoms with E-state index in [1.165, 1.54) is 66.8 Å². The van der Waals surface area contributed by atoms with Crippen molar-refractivity contribution in [3.63, 3.8) is 0 Å². The van der Waals surface area contributed by atoms with Gasteiger partial charge in [-0.2, -0.15) is 0 Å². The third-order valence-electron chi connectivity index (χ3n) is 22.8. The van der Waals surface area contributed by atoms with Crippen LogP contribution in [0.3, 0.4) is 0 Å². The van der Waals surface area contributed by atoms with Gasteiger partial charge in [0.05, 0.1) is 22.7 Å².